The molecule has 0 amide bonds. The maximum absolute atomic E-state index is 12.7. The molecule has 2 unspecified atom stereocenters. The van der Waals surface area contributed by atoms with Gasteiger partial charge in [-0.05, 0) is 89.9 Å². The van der Waals surface area contributed by atoms with Crippen LogP contribution in [0.1, 0.15) is 123 Å². The largest absolute Gasteiger partial charge is 0.544 e. The number of carbonyl (C=O) groups excluding carboxylic acids is 3. The molecule has 0 aliphatic heterocycles. The Morgan fingerprint density at radius 3 is 1.11 bits per heavy atom. The third-order valence-corrected chi connectivity index (χ3v) is 9.00. The lowest BCUT2D eigenvalue weighted by Gasteiger charge is -2.34. The summed E-state index contributed by atoms with van der Waals surface area (Å²) in [6.45, 7) is 4.23. The zero-order chi connectivity index (χ0) is 45.6. The lowest BCUT2D eigenvalue weighted by molar-refractivity contribution is -0.889. The second kappa shape index (κ2) is 42.9. The van der Waals surface area contributed by atoms with E-state index >= 15 is 0 Å². The van der Waals surface area contributed by atoms with Crippen LogP contribution in [0, 0.1) is 0 Å². The van der Waals surface area contributed by atoms with E-state index < -0.39 is 30.1 Å². The number of likely N-dealkylation sites (N-methyl/N-ethyl adjacent to an activating group) is 1. The van der Waals surface area contributed by atoms with Crippen LogP contribution in [0.5, 0.6) is 0 Å². The molecule has 0 aromatic heterocycles. The van der Waals surface area contributed by atoms with E-state index in [-0.39, 0.29) is 43.6 Å². The van der Waals surface area contributed by atoms with Crippen molar-refractivity contribution < 1.29 is 38.2 Å². The number of rotatable bonds is 38. The van der Waals surface area contributed by atoms with E-state index in [1.165, 1.54) is 0 Å². The van der Waals surface area contributed by atoms with E-state index in [0.717, 1.165) is 77.0 Å². The van der Waals surface area contributed by atoms with Crippen molar-refractivity contribution in [2.75, 3.05) is 41.0 Å². The van der Waals surface area contributed by atoms with Crippen LogP contribution >= 0.6 is 0 Å². The Morgan fingerprint density at radius 2 is 0.790 bits per heavy atom. The van der Waals surface area contributed by atoms with Crippen molar-refractivity contribution in [3.05, 3.63) is 146 Å². The number of quaternary nitrogens is 1. The van der Waals surface area contributed by atoms with Crippen LogP contribution in [0.25, 0.3) is 0 Å². The predicted octanol–water partition coefficient (Wildman–Crippen LogP) is 11.6. The lowest BCUT2D eigenvalue weighted by atomic mass is 10.1. The highest BCUT2D eigenvalue weighted by Gasteiger charge is 2.25. The molecule has 0 saturated heterocycles. The maximum Gasteiger partial charge on any atom is 0.306 e. The van der Waals surface area contributed by atoms with Gasteiger partial charge in [-0.15, -0.1) is 0 Å². The van der Waals surface area contributed by atoms with Crippen molar-refractivity contribution in [3.8, 4) is 0 Å². The Labute approximate surface area is 376 Å². The van der Waals surface area contributed by atoms with Gasteiger partial charge in [0.1, 0.15) is 12.6 Å². The third kappa shape index (κ3) is 40.6. The highest BCUT2D eigenvalue weighted by atomic mass is 16.6. The first-order valence-corrected chi connectivity index (χ1v) is 22.9. The topological polar surface area (TPSA) is 102 Å². The fourth-order valence-electron chi connectivity index (χ4n) is 5.53. The summed E-state index contributed by atoms with van der Waals surface area (Å²) in [4.78, 5) is 36.9. The van der Waals surface area contributed by atoms with Gasteiger partial charge in [0.15, 0.2) is 6.10 Å². The number of hydrogen-bond acceptors (Lipinski definition) is 7. The number of esters is 2. The van der Waals surface area contributed by atoms with Gasteiger partial charge < -0.3 is 28.6 Å². The van der Waals surface area contributed by atoms with Crippen LogP contribution < -0.4 is 5.11 Å². The SMILES string of the molecule is CC/C=C/C/C=C/C/C=C/C/C=C/C/C=C/C/C=C/CCC(=O)OCC(COCCC(C(=O)[O-])[N+](C)(C)C)OC(=O)CC/C=C/C/C=C/C/C=C/C/C=C/C/C=C/C/C=C/CC. The van der Waals surface area contributed by atoms with Gasteiger partial charge in [-0.2, -0.15) is 0 Å². The monoisotopic (exact) mass is 856 g/mol. The first-order valence-electron chi connectivity index (χ1n) is 22.9. The summed E-state index contributed by atoms with van der Waals surface area (Å²) in [5.74, 6) is -1.98. The molecule has 0 aliphatic rings. The zero-order valence-electron chi connectivity index (χ0n) is 39.0. The molecule has 0 saturated carbocycles. The molecule has 0 N–H and O–H groups in total. The minimum atomic E-state index is -1.15. The Kier molecular flexibility index (Phi) is 39.6. The number of carboxylic acid groups (broad SMARTS) is 1. The first-order chi connectivity index (χ1) is 30.1. The Morgan fingerprint density at radius 1 is 0.468 bits per heavy atom. The molecule has 0 radical (unpaired) electrons. The standard InChI is InChI=1S/C54H81NO7/c1-6-8-10-12-14-16-18-20-22-24-26-28-30-32-34-36-38-40-42-44-52(56)61-49-50(48-60-47-46-51(54(58)59)55(3,4)5)62-53(57)45-43-41-39-37-35-33-31-29-27-25-23-21-19-17-15-13-11-9-7-2/h8-11,14-17,20-23,26-29,32-35,38-41,50-51H,6-7,12-13,18-19,24-25,30-31,36-37,42-49H2,1-5H3/b10-8+,11-9+,16-14+,17-15+,22-20+,23-21+,28-26+,29-27+,34-32+,35-33+,40-38+,41-39+. The van der Waals surface area contributed by atoms with E-state index in [1.54, 1.807) is 21.1 Å². The molecule has 0 heterocycles. The van der Waals surface area contributed by atoms with Gasteiger partial charge >= 0.3 is 11.9 Å². The number of carboxylic acids is 1. The molecule has 0 aliphatic carbocycles. The molecule has 8 nitrogen and oxygen atoms in total. The molecule has 344 valence electrons. The van der Waals surface area contributed by atoms with Gasteiger partial charge in [0.05, 0.1) is 40.3 Å². The van der Waals surface area contributed by atoms with Gasteiger partial charge in [0.2, 0.25) is 0 Å². The molecule has 0 spiro atoms. The summed E-state index contributed by atoms with van der Waals surface area (Å²) in [7, 11) is 5.34. The number of hydrogen-bond donors (Lipinski definition) is 0. The predicted molar refractivity (Wildman–Crippen MR) is 258 cm³/mol. The Bertz CT molecular complexity index is 1510. The van der Waals surface area contributed by atoms with Crippen LogP contribution in [0.4, 0.5) is 0 Å². The third-order valence-electron chi connectivity index (χ3n) is 9.00. The summed E-state index contributed by atoms with van der Waals surface area (Å²) in [6.07, 6.45) is 63.3. The number of nitrogens with zero attached hydrogens (tertiary/aromatic N) is 1. The van der Waals surface area contributed by atoms with Crippen LogP contribution in [-0.4, -0.2) is 75.5 Å². The number of ether oxygens (including phenoxy) is 3. The molecular formula is C54H81NO7. The van der Waals surface area contributed by atoms with Crippen LogP contribution in [-0.2, 0) is 28.6 Å². The number of carbonyl (C=O) groups is 3. The first kappa shape index (κ1) is 57.2. The molecule has 0 aromatic rings. The summed E-state index contributed by atoms with van der Waals surface area (Å²) >= 11 is 0. The number of aliphatic carboxylic acids is 1. The zero-order valence-corrected chi connectivity index (χ0v) is 39.0. The Balaban J connectivity index is 4.61. The lowest BCUT2D eigenvalue weighted by Crippen LogP contribution is -2.55. The molecule has 0 bridgehead atoms. The van der Waals surface area contributed by atoms with Gasteiger partial charge in [0.25, 0.3) is 0 Å². The van der Waals surface area contributed by atoms with Crippen molar-refractivity contribution >= 4 is 17.9 Å². The van der Waals surface area contributed by atoms with Crippen LogP contribution in [0.3, 0.4) is 0 Å². The molecule has 2 atom stereocenters. The summed E-state index contributed by atoms with van der Waals surface area (Å²) < 4.78 is 17.0. The summed E-state index contributed by atoms with van der Waals surface area (Å²) in [6, 6.07) is -0.760. The fraction of sp³-hybridized carbons (Fsp3) is 0.500. The van der Waals surface area contributed by atoms with Crippen LogP contribution in [0.2, 0.25) is 0 Å². The quantitative estimate of drug-likeness (QED) is 0.0264. The summed E-state index contributed by atoms with van der Waals surface area (Å²) in [5, 5.41) is 11.6. The molecule has 62 heavy (non-hydrogen) atoms. The average molecular weight is 856 g/mol. The second-order valence-electron chi connectivity index (χ2n) is 15.5. The van der Waals surface area contributed by atoms with Gasteiger partial charge in [-0.1, -0.05) is 160 Å². The average Bonchev–Trinajstić information content (AvgIpc) is 3.23. The minimum Gasteiger partial charge on any atom is -0.544 e. The van der Waals surface area contributed by atoms with Crippen molar-refractivity contribution in [3.63, 3.8) is 0 Å². The van der Waals surface area contributed by atoms with Crippen molar-refractivity contribution in [2.45, 2.75) is 135 Å². The van der Waals surface area contributed by atoms with Crippen molar-refractivity contribution in [2.24, 2.45) is 0 Å². The maximum atomic E-state index is 12.7. The number of allylic oxidation sites excluding steroid dienone is 24. The molecule has 0 rings (SSSR count). The van der Waals surface area contributed by atoms with Crippen molar-refractivity contribution in [1.29, 1.82) is 0 Å². The van der Waals surface area contributed by atoms with Crippen molar-refractivity contribution in [1.82, 2.24) is 0 Å². The fourth-order valence-corrected chi connectivity index (χ4v) is 5.53. The van der Waals surface area contributed by atoms with Gasteiger partial charge in [-0.25, -0.2) is 0 Å². The minimum absolute atomic E-state index is 0.0248. The van der Waals surface area contributed by atoms with E-state index in [4.69, 9.17) is 14.2 Å². The normalized spacial score (nSPS) is 14.3. The molecule has 0 aromatic carbocycles. The van der Waals surface area contributed by atoms with Gasteiger partial charge in [-0.3, -0.25) is 9.59 Å². The Hall–Kier alpha value is -4.79. The van der Waals surface area contributed by atoms with Gasteiger partial charge in [0, 0.05) is 19.3 Å². The van der Waals surface area contributed by atoms with E-state index in [1.807, 2.05) is 24.3 Å². The highest BCUT2D eigenvalue weighted by Crippen LogP contribution is 2.09. The molecular weight excluding hydrogens is 775 g/mol. The van der Waals surface area contributed by atoms with E-state index in [9.17, 15) is 19.5 Å². The van der Waals surface area contributed by atoms with E-state index in [0.29, 0.717) is 12.8 Å². The summed E-state index contributed by atoms with van der Waals surface area (Å²) in [5.41, 5.74) is 0. The molecule has 0 fully saturated rings. The second-order valence-corrected chi connectivity index (χ2v) is 15.5. The smallest absolute Gasteiger partial charge is 0.306 e. The van der Waals surface area contributed by atoms with Crippen LogP contribution in [0.15, 0.2) is 146 Å². The highest BCUT2D eigenvalue weighted by molar-refractivity contribution is 5.71. The molecule has 8 heteroatoms. The van der Waals surface area contributed by atoms with E-state index in [2.05, 4.69) is 135 Å².